The van der Waals surface area contributed by atoms with Crippen molar-refractivity contribution in [2.24, 2.45) is 19.2 Å². The van der Waals surface area contributed by atoms with E-state index in [4.69, 9.17) is 0 Å². The van der Waals surface area contributed by atoms with Crippen molar-refractivity contribution >= 4 is 29.0 Å². The zero-order valence-electron chi connectivity index (χ0n) is 16.1. The van der Waals surface area contributed by atoms with E-state index in [1.165, 1.54) is 37.0 Å². The molecule has 11 heteroatoms. The van der Waals surface area contributed by atoms with E-state index in [1.54, 1.807) is 23.6 Å². The molecule has 1 aromatic carbocycles. The maximum Gasteiger partial charge on any atom is 0.332 e. The molecule has 1 N–H and O–H groups in total. The predicted molar refractivity (Wildman–Crippen MR) is 109 cm³/mol. The molecule has 29 heavy (non-hydrogen) atoms. The molecule has 0 amide bonds. The van der Waals surface area contributed by atoms with Crippen LogP contribution in [0.25, 0.3) is 11.2 Å². The maximum absolute atomic E-state index is 12.6. The number of aryl methyl sites for hydroxylation is 1. The molecule has 0 aliphatic rings. The Morgan fingerprint density at radius 3 is 2.72 bits per heavy atom. The molecule has 0 saturated heterocycles. The van der Waals surface area contributed by atoms with Crippen LogP contribution in [0.4, 0.5) is 11.6 Å². The van der Waals surface area contributed by atoms with Gasteiger partial charge in [0.05, 0.1) is 11.1 Å². The summed E-state index contributed by atoms with van der Waals surface area (Å²) in [5.74, 6) is 0.239. The molecule has 2 heterocycles. The maximum atomic E-state index is 12.6. The highest BCUT2D eigenvalue weighted by Gasteiger charge is 2.18. The lowest BCUT2D eigenvalue weighted by Gasteiger charge is -2.08. The van der Waals surface area contributed by atoms with Crippen LogP contribution in [0.1, 0.15) is 12.5 Å². The second-order valence-corrected chi connectivity index (χ2v) is 6.58. The van der Waals surface area contributed by atoms with Crippen LogP contribution in [0.2, 0.25) is 0 Å². The van der Waals surface area contributed by atoms with Crippen molar-refractivity contribution in [1.29, 1.82) is 0 Å². The summed E-state index contributed by atoms with van der Waals surface area (Å²) in [7, 11) is 2.92. The largest absolute Gasteiger partial charge is 0.332 e. The minimum Gasteiger partial charge on any atom is -0.299 e. The molecular formula is C18H19N7O4. The number of nitrogens with zero attached hydrogens (tertiary/aromatic N) is 6. The first-order chi connectivity index (χ1) is 13.7. The Kier molecular flexibility index (Phi) is 5.13. The van der Waals surface area contributed by atoms with Gasteiger partial charge in [-0.3, -0.25) is 28.6 Å². The molecule has 3 aromatic rings. The van der Waals surface area contributed by atoms with E-state index >= 15 is 0 Å². The normalized spacial score (nSPS) is 11.3. The predicted octanol–water partition coefficient (Wildman–Crippen LogP) is 1.36. The van der Waals surface area contributed by atoms with Gasteiger partial charge in [0.15, 0.2) is 11.2 Å². The fraction of sp³-hybridized carbons (Fsp3) is 0.222. The van der Waals surface area contributed by atoms with E-state index in [0.29, 0.717) is 12.1 Å². The fourth-order valence-corrected chi connectivity index (χ4v) is 2.84. The topological polar surface area (TPSA) is 129 Å². The van der Waals surface area contributed by atoms with Crippen LogP contribution in [0.5, 0.6) is 0 Å². The van der Waals surface area contributed by atoms with Crippen LogP contribution >= 0.6 is 0 Å². The standard InChI is InChI=1S/C18H19N7O4/c1-11(2)10-24-14-15(22(3)18(27)23(4)16(14)26)20-17(24)21-19-9-12-6-5-7-13(8-12)25(28)29/h5-9H,1,10H2,2-4H3,(H,20,21)/b19-9-. The zero-order valence-corrected chi connectivity index (χ0v) is 16.1. The number of nitro benzene ring substituents is 1. The third-order valence-corrected chi connectivity index (χ3v) is 4.24. The molecule has 3 rings (SSSR count). The van der Waals surface area contributed by atoms with Crippen molar-refractivity contribution in [3.05, 3.63) is 72.9 Å². The first-order valence-electron chi connectivity index (χ1n) is 8.55. The molecule has 0 radical (unpaired) electrons. The number of imidazole rings is 1. The van der Waals surface area contributed by atoms with E-state index in [0.717, 1.165) is 10.1 Å². The second kappa shape index (κ2) is 7.54. The van der Waals surface area contributed by atoms with Crippen molar-refractivity contribution < 1.29 is 4.92 Å². The SMILES string of the molecule is C=C(C)Cn1c(N/N=C\c2cccc([N+](=O)[O-])c2)nc2c1c(=O)n(C)c(=O)n2C. The van der Waals surface area contributed by atoms with Gasteiger partial charge in [-0.2, -0.15) is 10.1 Å². The van der Waals surface area contributed by atoms with Gasteiger partial charge in [0, 0.05) is 38.3 Å². The van der Waals surface area contributed by atoms with E-state index in [-0.39, 0.29) is 22.8 Å². The lowest BCUT2D eigenvalue weighted by atomic mass is 10.2. The van der Waals surface area contributed by atoms with Crippen molar-refractivity contribution in [2.75, 3.05) is 5.43 Å². The molecule has 0 spiro atoms. The summed E-state index contributed by atoms with van der Waals surface area (Å²) in [5, 5.41) is 15.0. The van der Waals surface area contributed by atoms with Crippen molar-refractivity contribution in [1.82, 2.24) is 18.7 Å². The number of rotatable bonds is 6. The molecule has 0 saturated carbocycles. The Morgan fingerprint density at radius 2 is 2.07 bits per heavy atom. The average molecular weight is 397 g/mol. The summed E-state index contributed by atoms with van der Waals surface area (Å²) in [4.78, 5) is 39.6. The number of benzene rings is 1. The Hall–Kier alpha value is -4.02. The Labute approximate surface area is 164 Å². The third kappa shape index (κ3) is 3.70. The quantitative estimate of drug-likeness (QED) is 0.289. The summed E-state index contributed by atoms with van der Waals surface area (Å²) >= 11 is 0. The number of allylic oxidation sites excluding steroid dienone is 1. The Morgan fingerprint density at radius 1 is 1.34 bits per heavy atom. The minimum absolute atomic E-state index is 0.0537. The molecule has 2 aromatic heterocycles. The number of aromatic nitrogens is 4. The molecular weight excluding hydrogens is 378 g/mol. The van der Waals surface area contributed by atoms with Gasteiger partial charge in [-0.1, -0.05) is 24.3 Å². The van der Waals surface area contributed by atoms with Gasteiger partial charge in [-0.05, 0) is 6.92 Å². The third-order valence-electron chi connectivity index (χ3n) is 4.24. The lowest BCUT2D eigenvalue weighted by Crippen LogP contribution is -2.37. The van der Waals surface area contributed by atoms with E-state index in [9.17, 15) is 19.7 Å². The number of hydrogen-bond donors (Lipinski definition) is 1. The highest BCUT2D eigenvalue weighted by Crippen LogP contribution is 2.17. The van der Waals surface area contributed by atoms with Gasteiger partial charge in [0.2, 0.25) is 5.95 Å². The fourth-order valence-electron chi connectivity index (χ4n) is 2.84. The van der Waals surface area contributed by atoms with Crippen molar-refractivity contribution in [2.45, 2.75) is 13.5 Å². The van der Waals surface area contributed by atoms with Gasteiger partial charge in [0.25, 0.3) is 11.2 Å². The Bertz CT molecular complexity index is 1280. The molecule has 11 nitrogen and oxygen atoms in total. The number of fused-ring (bicyclic) bond motifs is 1. The summed E-state index contributed by atoms with van der Waals surface area (Å²) in [6.07, 6.45) is 1.40. The summed E-state index contributed by atoms with van der Waals surface area (Å²) in [6, 6.07) is 5.97. The number of nitrogens with one attached hydrogen (secondary N) is 1. The number of anilines is 1. The highest BCUT2D eigenvalue weighted by molar-refractivity contribution is 5.81. The molecule has 0 bridgehead atoms. The molecule has 0 unspecified atom stereocenters. The molecule has 0 aliphatic carbocycles. The first-order valence-corrected chi connectivity index (χ1v) is 8.55. The summed E-state index contributed by atoms with van der Waals surface area (Å²) in [6.45, 7) is 5.96. The van der Waals surface area contributed by atoms with Crippen molar-refractivity contribution in [3.8, 4) is 0 Å². The van der Waals surface area contributed by atoms with E-state index in [1.807, 2.05) is 0 Å². The first kappa shape index (κ1) is 19.7. The molecule has 0 aliphatic heterocycles. The summed E-state index contributed by atoms with van der Waals surface area (Å²) in [5.41, 5.74) is 3.46. The van der Waals surface area contributed by atoms with Crippen LogP contribution in [0.3, 0.4) is 0 Å². The Balaban J connectivity index is 2.06. The second-order valence-electron chi connectivity index (χ2n) is 6.58. The monoisotopic (exact) mass is 397 g/mol. The van der Waals surface area contributed by atoms with Crippen LogP contribution in [0.15, 0.2) is 51.1 Å². The number of non-ortho nitro benzene ring substituents is 1. The zero-order chi connectivity index (χ0) is 21.3. The van der Waals surface area contributed by atoms with E-state index < -0.39 is 16.2 Å². The smallest absolute Gasteiger partial charge is 0.299 e. The van der Waals surface area contributed by atoms with Gasteiger partial charge in [0.1, 0.15) is 0 Å². The summed E-state index contributed by atoms with van der Waals surface area (Å²) < 4.78 is 3.88. The average Bonchev–Trinajstić information content (AvgIpc) is 3.02. The van der Waals surface area contributed by atoms with Crippen LogP contribution in [0, 0.1) is 10.1 Å². The van der Waals surface area contributed by atoms with Crippen LogP contribution in [-0.2, 0) is 20.6 Å². The van der Waals surface area contributed by atoms with Gasteiger partial charge < -0.3 is 0 Å². The number of nitro groups is 1. The molecule has 150 valence electrons. The minimum atomic E-state index is -0.493. The number of hydrogen-bond acceptors (Lipinski definition) is 7. The molecule has 0 fully saturated rings. The van der Waals surface area contributed by atoms with Gasteiger partial charge in [-0.25, -0.2) is 10.2 Å². The van der Waals surface area contributed by atoms with Crippen molar-refractivity contribution in [3.63, 3.8) is 0 Å². The lowest BCUT2D eigenvalue weighted by molar-refractivity contribution is -0.384. The van der Waals surface area contributed by atoms with Gasteiger partial charge >= 0.3 is 5.69 Å². The van der Waals surface area contributed by atoms with Crippen LogP contribution in [-0.4, -0.2) is 29.8 Å². The van der Waals surface area contributed by atoms with E-state index in [2.05, 4.69) is 22.1 Å². The van der Waals surface area contributed by atoms with Gasteiger partial charge in [-0.15, -0.1) is 0 Å². The highest BCUT2D eigenvalue weighted by atomic mass is 16.6. The van der Waals surface area contributed by atoms with Crippen LogP contribution < -0.4 is 16.7 Å². The molecule has 0 atom stereocenters. The number of hydrazone groups is 1.